The summed E-state index contributed by atoms with van der Waals surface area (Å²) in [6, 6.07) is 8.02. The van der Waals surface area contributed by atoms with Crippen LogP contribution in [-0.2, 0) is 21.8 Å². The van der Waals surface area contributed by atoms with E-state index in [1.54, 1.807) is 11.3 Å². The smallest absolute Gasteiger partial charge is 0.0208 e. The molecule has 0 aliphatic heterocycles. The Balaban J connectivity index is 0.000000281. The summed E-state index contributed by atoms with van der Waals surface area (Å²) in [5.74, 6) is 0. The fraction of sp³-hybridized carbons (Fsp3) is 0. The molecule has 4 heteroatoms. The van der Waals surface area contributed by atoms with Crippen molar-refractivity contribution in [3.05, 3.63) is 29.8 Å². The first kappa shape index (κ1) is 8.63. The van der Waals surface area contributed by atoms with Gasteiger partial charge in [0.1, 0.15) is 0 Å². The first-order valence-corrected chi connectivity index (χ1v) is 5.00. The number of aromatic nitrogens is 1. The van der Waals surface area contributed by atoms with Crippen LogP contribution in [0.5, 0.6) is 0 Å². The van der Waals surface area contributed by atoms with Gasteiger partial charge in [0.05, 0.1) is 0 Å². The molecule has 0 aliphatic carbocycles. The molecule has 2 aromatic rings. The maximum Gasteiger partial charge on any atom is -0.0208 e. The molecule has 1 aromatic carbocycles. The van der Waals surface area contributed by atoms with Crippen molar-refractivity contribution in [2.24, 2.45) is 0 Å². The number of benzene rings is 1. The van der Waals surface area contributed by atoms with E-state index in [4.69, 9.17) is 3.57 Å². The molecular weight excluding hydrogens is 212 g/mol. The fourth-order valence-corrected chi connectivity index (χ4v) is 1.36. The second-order valence-electron chi connectivity index (χ2n) is 1.77. The van der Waals surface area contributed by atoms with Crippen LogP contribution in [0.4, 0.5) is 0 Å². The first-order valence-electron chi connectivity index (χ1n) is 2.97. The molecule has 0 amide bonds. The average Bonchev–Trinajstić information content (AvgIpc) is 2.55. The van der Waals surface area contributed by atoms with E-state index in [0.717, 1.165) is 5.52 Å². The number of thiazole rings is 1. The molecule has 11 heavy (non-hydrogen) atoms. The molecule has 0 radical (unpaired) electrons. The largest absolute Gasteiger partial charge is 0.386 e. The van der Waals surface area contributed by atoms with Gasteiger partial charge >= 0.3 is 21.8 Å². The molecule has 52 valence electrons. The van der Waals surface area contributed by atoms with Gasteiger partial charge in [-0.3, -0.25) is 11.3 Å². The van der Waals surface area contributed by atoms with E-state index < -0.39 is 0 Å². The minimum atomic E-state index is 0.125. The van der Waals surface area contributed by atoms with Crippen LogP contribution in [0.1, 0.15) is 0 Å². The molecule has 0 aliphatic rings. The molecule has 0 spiro atoms. The van der Waals surface area contributed by atoms with Gasteiger partial charge in [-0.15, -0.1) is 16.8 Å². The van der Waals surface area contributed by atoms with E-state index in [9.17, 15) is 0 Å². The maximum absolute atomic E-state index is 8.38. The molecule has 0 N–H and O–H groups in total. The van der Waals surface area contributed by atoms with Crippen molar-refractivity contribution in [3.63, 3.8) is 0 Å². The zero-order chi connectivity index (χ0) is 8.10. The standard InChI is InChI=1S/C7H4NS.O.Zn/c1-2-4-7-6(3-1)8-5-9-7;;/h1-4H;;/q-1;;. The predicted octanol–water partition coefficient (Wildman–Crippen LogP) is 1.98. The van der Waals surface area contributed by atoms with E-state index >= 15 is 0 Å². The third-order valence-electron chi connectivity index (χ3n) is 1.19. The summed E-state index contributed by atoms with van der Waals surface area (Å²) in [5.41, 5.74) is 3.87. The van der Waals surface area contributed by atoms with Gasteiger partial charge < -0.3 is 4.98 Å². The van der Waals surface area contributed by atoms with Gasteiger partial charge in [0.15, 0.2) is 0 Å². The second kappa shape index (κ2) is 4.42. The first-order chi connectivity index (χ1) is 5.47. The molecule has 2 rings (SSSR count). The number of hydrogen-bond donors (Lipinski definition) is 0. The number of fused-ring (bicyclic) bond motifs is 1. The van der Waals surface area contributed by atoms with E-state index in [1.165, 1.54) is 4.70 Å². The molecule has 0 unspecified atom stereocenters. The predicted molar refractivity (Wildman–Crippen MR) is 39.1 cm³/mol. The molecule has 0 bridgehead atoms. The van der Waals surface area contributed by atoms with Crippen LogP contribution in [0.3, 0.4) is 0 Å². The topological polar surface area (TPSA) is 30.0 Å². The van der Waals surface area contributed by atoms with Crippen LogP contribution in [0.15, 0.2) is 24.3 Å². The van der Waals surface area contributed by atoms with Crippen molar-refractivity contribution in [2.75, 3.05) is 0 Å². The number of hydrogen-bond acceptors (Lipinski definition) is 3. The Morgan fingerprint density at radius 1 is 1.36 bits per heavy atom. The van der Waals surface area contributed by atoms with Crippen molar-refractivity contribution < 1.29 is 21.8 Å². The molecule has 1 aromatic heterocycles. The Morgan fingerprint density at radius 2 is 2.09 bits per heavy atom. The molecular formula is C7H4NOSZn-. The molecule has 2 nitrogen and oxygen atoms in total. The fourth-order valence-electron chi connectivity index (χ4n) is 0.757. The van der Waals surface area contributed by atoms with Gasteiger partial charge in [0.2, 0.25) is 0 Å². The summed E-state index contributed by atoms with van der Waals surface area (Å²) in [4.78, 5) is 4.01. The summed E-state index contributed by atoms with van der Waals surface area (Å²) >= 11 is 1.68. The van der Waals surface area contributed by atoms with Gasteiger partial charge in [0.25, 0.3) is 0 Å². The second-order valence-corrected chi connectivity index (χ2v) is 2.60. The van der Waals surface area contributed by atoms with E-state index in [0.29, 0.717) is 0 Å². The summed E-state index contributed by atoms with van der Waals surface area (Å²) in [6.07, 6.45) is 0. The van der Waals surface area contributed by atoms with Crippen molar-refractivity contribution in [2.45, 2.75) is 0 Å². The quantitative estimate of drug-likeness (QED) is 0.497. The number of nitrogens with zero attached hydrogens (tertiary/aromatic N) is 1. The van der Waals surface area contributed by atoms with Crippen LogP contribution < -0.4 is 0 Å². The third-order valence-corrected chi connectivity index (χ3v) is 1.93. The Hall–Kier alpha value is -0.467. The van der Waals surface area contributed by atoms with Crippen molar-refractivity contribution in [3.8, 4) is 0 Å². The molecule has 0 saturated heterocycles. The zero-order valence-corrected chi connectivity index (χ0v) is 9.56. The Bertz CT molecular complexity index is 305. The van der Waals surface area contributed by atoms with E-state index in [-0.39, 0.29) is 18.3 Å². The third kappa shape index (κ3) is 1.98. The number of para-hydroxylation sites is 1. The van der Waals surface area contributed by atoms with Gasteiger partial charge in [-0.25, -0.2) is 0 Å². The summed E-state index contributed by atoms with van der Waals surface area (Å²) in [5, 5.41) is 0. The minimum Gasteiger partial charge on any atom is -0.386 e. The van der Waals surface area contributed by atoms with Gasteiger partial charge in [-0.05, 0) is 5.51 Å². The average molecular weight is 216 g/mol. The van der Waals surface area contributed by atoms with Crippen LogP contribution in [0, 0.1) is 5.51 Å². The van der Waals surface area contributed by atoms with Crippen LogP contribution in [0.25, 0.3) is 10.2 Å². The Morgan fingerprint density at radius 3 is 2.82 bits per heavy atom. The monoisotopic (exact) mass is 214 g/mol. The summed E-state index contributed by atoms with van der Waals surface area (Å²) < 4.78 is 9.58. The molecule has 0 atom stereocenters. The van der Waals surface area contributed by atoms with E-state index in [1.807, 2.05) is 24.3 Å². The van der Waals surface area contributed by atoms with Gasteiger partial charge in [0, 0.05) is 0 Å². The Kier molecular flexibility index (Phi) is 3.47. The Labute approximate surface area is 78.2 Å². The zero-order valence-electron chi connectivity index (χ0n) is 5.78. The van der Waals surface area contributed by atoms with Crippen LogP contribution in [-0.4, -0.2) is 4.98 Å². The number of rotatable bonds is 0. The maximum atomic E-state index is 8.38. The molecule has 0 saturated carbocycles. The van der Waals surface area contributed by atoms with Crippen molar-refractivity contribution in [1.82, 2.24) is 4.98 Å². The summed E-state index contributed by atoms with van der Waals surface area (Å²) in [7, 11) is 0. The van der Waals surface area contributed by atoms with Crippen LogP contribution in [0.2, 0.25) is 0 Å². The molecule has 1 heterocycles. The molecule has 0 fully saturated rings. The van der Waals surface area contributed by atoms with Crippen molar-refractivity contribution in [1.29, 1.82) is 0 Å². The summed E-state index contributed by atoms with van der Waals surface area (Å²) in [6.45, 7) is 0. The SMILES string of the molecule is [O]=[Zn].[c-]1nc2ccccc2s1. The minimum absolute atomic E-state index is 0.125. The van der Waals surface area contributed by atoms with E-state index in [2.05, 4.69) is 10.5 Å². The van der Waals surface area contributed by atoms with Gasteiger partial charge in [-0.2, -0.15) is 0 Å². The van der Waals surface area contributed by atoms with Gasteiger partial charge in [-0.1, -0.05) is 17.6 Å². The van der Waals surface area contributed by atoms with Crippen molar-refractivity contribution >= 4 is 21.6 Å². The normalized spacial score (nSPS) is 8.91. The van der Waals surface area contributed by atoms with Crippen LogP contribution >= 0.6 is 11.3 Å².